The van der Waals surface area contributed by atoms with Crippen LogP contribution >= 0.6 is 0 Å². The van der Waals surface area contributed by atoms with Crippen LogP contribution in [0.15, 0.2) is 30.3 Å². The third-order valence-electron chi connectivity index (χ3n) is 4.66. The second-order valence-electron chi connectivity index (χ2n) is 6.15. The molecule has 0 aromatic heterocycles. The maximum Gasteiger partial charge on any atom is 0.225 e. The molecule has 2 unspecified atom stereocenters. The number of carbonyl (C=O) groups excluding carboxylic acids is 2. The van der Waals surface area contributed by atoms with E-state index in [1.54, 1.807) is 0 Å². The molecule has 3 rings (SSSR count). The first kappa shape index (κ1) is 13.3. The number of hydrogen-bond donors (Lipinski definition) is 0. The minimum Gasteiger partial charge on any atom is -0.342 e. The molecule has 2 aliphatic rings. The third-order valence-corrected chi connectivity index (χ3v) is 4.66. The topological polar surface area (TPSA) is 37.4 Å². The van der Waals surface area contributed by atoms with Crippen LogP contribution in [0.4, 0.5) is 0 Å². The summed E-state index contributed by atoms with van der Waals surface area (Å²) in [6.07, 6.45) is 2.66. The second-order valence-corrected chi connectivity index (χ2v) is 6.15. The normalized spacial score (nSPS) is 26.4. The van der Waals surface area contributed by atoms with Crippen LogP contribution in [-0.2, 0) is 4.79 Å². The van der Waals surface area contributed by atoms with Crippen LogP contribution in [0.5, 0.6) is 0 Å². The van der Waals surface area contributed by atoms with Gasteiger partial charge in [-0.25, -0.2) is 0 Å². The molecule has 0 bridgehead atoms. The van der Waals surface area contributed by atoms with Crippen molar-refractivity contribution in [1.29, 1.82) is 0 Å². The average Bonchev–Trinajstić information content (AvgIpc) is 3.24. The monoisotopic (exact) mass is 271 g/mol. The first-order chi connectivity index (χ1) is 9.66. The molecule has 0 spiro atoms. The summed E-state index contributed by atoms with van der Waals surface area (Å²) in [5, 5.41) is 0. The summed E-state index contributed by atoms with van der Waals surface area (Å²) < 4.78 is 0. The highest BCUT2D eigenvalue weighted by atomic mass is 16.2. The van der Waals surface area contributed by atoms with Crippen LogP contribution in [0.25, 0.3) is 0 Å². The summed E-state index contributed by atoms with van der Waals surface area (Å²) in [5.41, 5.74) is 0.799. The van der Waals surface area contributed by atoms with Crippen LogP contribution in [0.2, 0.25) is 0 Å². The number of Topliss-reactive ketones (excluding diaryl/α,β-unsaturated/α-hetero) is 1. The van der Waals surface area contributed by atoms with E-state index in [-0.39, 0.29) is 17.6 Å². The molecule has 2 fully saturated rings. The fourth-order valence-corrected chi connectivity index (χ4v) is 3.10. The molecule has 106 valence electrons. The number of carbonyl (C=O) groups is 2. The summed E-state index contributed by atoms with van der Waals surface area (Å²) in [5.74, 6) is 1.45. The predicted molar refractivity (Wildman–Crippen MR) is 77.3 cm³/mol. The van der Waals surface area contributed by atoms with Gasteiger partial charge in [-0.3, -0.25) is 9.59 Å². The fourth-order valence-electron chi connectivity index (χ4n) is 3.10. The zero-order chi connectivity index (χ0) is 14.1. The Morgan fingerprint density at radius 3 is 2.25 bits per heavy atom. The van der Waals surface area contributed by atoms with Crippen LogP contribution in [-0.4, -0.2) is 29.7 Å². The lowest BCUT2D eigenvalue weighted by atomic mass is 9.89. The summed E-state index contributed by atoms with van der Waals surface area (Å²) in [7, 11) is 0. The van der Waals surface area contributed by atoms with E-state index in [4.69, 9.17) is 0 Å². The van der Waals surface area contributed by atoms with Crippen molar-refractivity contribution in [3.8, 4) is 0 Å². The number of piperidine rings is 1. The molecule has 3 heteroatoms. The molecular formula is C17H21NO2. The molecular weight excluding hydrogens is 250 g/mol. The van der Waals surface area contributed by atoms with E-state index in [1.165, 1.54) is 0 Å². The van der Waals surface area contributed by atoms with Crippen LogP contribution in [0.1, 0.15) is 36.5 Å². The molecule has 0 radical (unpaired) electrons. The third kappa shape index (κ3) is 2.62. The number of likely N-dealkylation sites (tertiary alicyclic amines) is 1. The molecule has 1 amide bonds. The Morgan fingerprint density at radius 2 is 1.70 bits per heavy atom. The molecule has 3 nitrogen and oxygen atoms in total. The number of hydrogen-bond acceptors (Lipinski definition) is 2. The van der Waals surface area contributed by atoms with E-state index in [0.29, 0.717) is 11.8 Å². The van der Waals surface area contributed by atoms with E-state index in [1.807, 2.05) is 35.2 Å². The van der Waals surface area contributed by atoms with Gasteiger partial charge in [0, 0.05) is 30.5 Å². The van der Waals surface area contributed by atoms with Crippen molar-refractivity contribution in [2.45, 2.75) is 26.2 Å². The lowest BCUT2D eigenvalue weighted by Gasteiger charge is -2.31. The number of rotatable bonds is 3. The van der Waals surface area contributed by atoms with E-state index >= 15 is 0 Å². The highest BCUT2D eigenvalue weighted by Crippen LogP contribution is 2.39. The van der Waals surface area contributed by atoms with Crippen molar-refractivity contribution in [2.75, 3.05) is 13.1 Å². The van der Waals surface area contributed by atoms with Crippen LogP contribution < -0.4 is 0 Å². The summed E-state index contributed by atoms with van der Waals surface area (Å²) in [6, 6.07) is 9.49. The Kier molecular flexibility index (Phi) is 3.60. The summed E-state index contributed by atoms with van der Waals surface area (Å²) >= 11 is 0. The lowest BCUT2D eigenvalue weighted by Crippen LogP contribution is -2.41. The molecule has 1 saturated heterocycles. The van der Waals surface area contributed by atoms with E-state index < -0.39 is 0 Å². The van der Waals surface area contributed by atoms with Crippen LogP contribution in [0.3, 0.4) is 0 Å². The zero-order valence-electron chi connectivity index (χ0n) is 11.9. The quantitative estimate of drug-likeness (QED) is 0.793. The van der Waals surface area contributed by atoms with E-state index in [9.17, 15) is 9.59 Å². The molecule has 1 heterocycles. The average molecular weight is 271 g/mol. The van der Waals surface area contributed by atoms with Crippen LogP contribution in [0, 0.1) is 17.8 Å². The largest absolute Gasteiger partial charge is 0.342 e. The van der Waals surface area contributed by atoms with Gasteiger partial charge in [0.15, 0.2) is 5.78 Å². The molecule has 2 atom stereocenters. The van der Waals surface area contributed by atoms with Gasteiger partial charge in [0.1, 0.15) is 0 Å². The first-order valence-corrected chi connectivity index (χ1v) is 7.55. The first-order valence-electron chi connectivity index (χ1n) is 7.55. The van der Waals surface area contributed by atoms with Crippen molar-refractivity contribution in [3.05, 3.63) is 35.9 Å². The predicted octanol–water partition coefficient (Wildman–Crippen LogP) is 2.76. The molecule has 1 aromatic carbocycles. The lowest BCUT2D eigenvalue weighted by molar-refractivity contribution is -0.134. The standard InChI is InChI=1S/C17H21NO2/c1-12-11-15(12)17(20)18-9-7-14(8-10-18)16(19)13-5-3-2-4-6-13/h2-6,12,14-15H,7-11H2,1H3. The maximum atomic E-state index is 12.4. The van der Waals surface area contributed by atoms with Gasteiger partial charge in [-0.2, -0.15) is 0 Å². The van der Waals surface area contributed by atoms with Gasteiger partial charge >= 0.3 is 0 Å². The summed E-state index contributed by atoms with van der Waals surface area (Å²) in [6.45, 7) is 3.62. The molecule has 1 saturated carbocycles. The summed E-state index contributed by atoms with van der Waals surface area (Å²) in [4.78, 5) is 26.5. The Balaban J connectivity index is 1.56. The van der Waals surface area contributed by atoms with Gasteiger partial charge in [-0.15, -0.1) is 0 Å². The van der Waals surface area contributed by atoms with Crippen molar-refractivity contribution in [2.24, 2.45) is 17.8 Å². The second kappa shape index (κ2) is 5.39. The Morgan fingerprint density at radius 1 is 1.10 bits per heavy atom. The molecule has 1 aromatic rings. The van der Waals surface area contributed by atoms with Crippen molar-refractivity contribution in [1.82, 2.24) is 4.90 Å². The number of benzene rings is 1. The molecule has 1 aliphatic heterocycles. The van der Waals surface area contributed by atoms with Crippen molar-refractivity contribution >= 4 is 11.7 Å². The highest BCUT2D eigenvalue weighted by Gasteiger charge is 2.42. The SMILES string of the molecule is CC1CC1C(=O)N1CCC(C(=O)c2ccccc2)CC1. The fraction of sp³-hybridized carbons (Fsp3) is 0.529. The number of ketones is 1. The minimum absolute atomic E-state index is 0.0816. The minimum atomic E-state index is 0.0816. The Hall–Kier alpha value is -1.64. The zero-order valence-corrected chi connectivity index (χ0v) is 11.9. The van der Waals surface area contributed by atoms with Crippen molar-refractivity contribution < 1.29 is 9.59 Å². The Bertz CT molecular complexity index is 503. The van der Waals surface area contributed by atoms with Gasteiger partial charge < -0.3 is 4.90 Å². The van der Waals surface area contributed by atoms with Gasteiger partial charge in [0.25, 0.3) is 0 Å². The van der Waals surface area contributed by atoms with Gasteiger partial charge in [-0.05, 0) is 25.2 Å². The number of nitrogens with zero attached hydrogens (tertiary/aromatic N) is 1. The van der Waals surface area contributed by atoms with E-state index in [2.05, 4.69) is 6.92 Å². The molecule has 1 aliphatic carbocycles. The van der Waals surface area contributed by atoms with E-state index in [0.717, 1.165) is 37.9 Å². The van der Waals surface area contributed by atoms with Gasteiger partial charge in [0.2, 0.25) is 5.91 Å². The number of amides is 1. The smallest absolute Gasteiger partial charge is 0.225 e. The molecule has 20 heavy (non-hydrogen) atoms. The van der Waals surface area contributed by atoms with Gasteiger partial charge in [-0.1, -0.05) is 37.3 Å². The molecule has 0 N–H and O–H groups in total. The maximum absolute atomic E-state index is 12.4. The highest BCUT2D eigenvalue weighted by molar-refractivity contribution is 5.98. The van der Waals surface area contributed by atoms with Gasteiger partial charge in [0.05, 0.1) is 0 Å². The van der Waals surface area contributed by atoms with Crippen molar-refractivity contribution in [3.63, 3.8) is 0 Å². The Labute approximate surface area is 120 Å².